The van der Waals surface area contributed by atoms with Crippen LogP contribution in [0.15, 0.2) is 145 Å². The molecule has 2 aromatic heterocycles. The highest BCUT2D eigenvalue weighted by Gasteiger charge is 2.15. The van der Waals surface area contributed by atoms with E-state index in [0.29, 0.717) is 0 Å². The minimum absolute atomic E-state index is 0.0306. The molecule has 0 aliphatic carbocycles. The minimum Gasteiger partial charge on any atom is -0.309 e. The van der Waals surface area contributed by atoms with Gasteiger partial charge in [-0.3, -0.25) is 0 Å². The Kier molecular flexibility index (Phi) is 3.93. The highest BCUT2D eigenvalue weighted by atomic mass is 15.0. The van der Waals surface area contributed by atoms with Crippen LogP contribution in [-0.4, -0.2) is 9.13 Å². The van der Waals surface area contributed by atoms with Crippen LogP contribution < -0.4 is 0 Å². The lowest BCUT2D eigenvalue weighted by Crippen LogP contribution is -2.01. The number of rotatable bonds is 4. The highest BCUT2D eigenvalue weighted by molar-refractivity contribution is 5.91. The summed E-state index contributed by atoms with van der Waals surface area (Å²) in [7, 11) is 0. The van der Waals surface area contributed by atoms with Gasteiger partial charge in [0.15, 0.2) is 0 Å². The van der Waals surface area contributed by atoms with Crippen LogP contribution in [0.4, 0.5) is 0 Å². The summed E-state index contributed by atoms with van der Waals surface area (Å²) in [5.41, 5.74) is 5.79. The number of fused-ring (bicyclic) bond motifs is 2. The smallest absolute Gasteiger partial charge is 0.0667 e. The summed E-state index contributed by atoms with van der Waals surface area (Å²) in [6, 6.07) is 39.2. The fourth-order valence-corrected chi connectivity index (χ4v) is 4.98. The van der Waals surface area contributed by atoms with Crippen molar-refractivity contribution >= 4 is 21.8 Å². The van der Waals surface area contributed by atoms with Crippen LogP contribution in [0.3, 0.4) is 0 Å². The number of hydrogen-bond donors (Lipinski definition) is 0. The molecule has 0 amide bonds. The normalized spacial score (nSPS) is 12.9. The molecule has 170 valence electrons. The van der Waals surface area contributed by atoms with Gasteiger partial charge in [0.05, 0.1) is 27.9 Å². The molecule has 0 fully saturated rings. The number of hydrogen-bond acceptors (Lipinski definition) is 0. The second kappa shape index (κ2) is 8.44. The maximum absolute atomic E-state index is 9.58. The first kappa shape index (κ1) is 16.7. The lowest BCUT2D eigenvalue weighted by atomic mass is 10.1. The van der Waals surface area contributed by atoms with E-state index < -0.39 is 0 Å². The van der Waals surface area contributed by atoms with Crippen molar-refractivity contribution in [2.24, 2.45) is 0 Å². The van der Waals surface area contributed by atoms with Crippen molar-refractivity contribution in [3.05, 3.63) is 145 Å². The predicted molar refractivity (Wildman–Crippen MR) is 151 cm³/mol. The van der Waals surface area contributed by atoms with E-state index in [2.05, 4.69) is 12.1 Å². The third kappa shape index (κ3) is 3.35. The Bertz CT molecular complexity index is 1900. The molecule has 0 radical (unpaired) electrons. The van der Waals surface area contributed by atoms with Gasteiger partial charge < -0.3 is 9.13 Å². The van der Waals surface area contributed by atoms with Gasteiger partial charge in [0.25, 0.3) is 0 Å². The van der Waals surface area contributed by atoms with Crippen molar-refractivity contribution in [2.45, 2.75) is 0 Å². The van der Waals surface area contributed by atoms with Crippen LogP contribution in [0.2, 0.25) is 0 Å². The molecule has 2 heteroatoms. The van der Waals surface area contributed by atoms with Crippen LogP contribution in [0.5, 0.6) is 0 Å². The Balaban J connectivity index is 1.62. The van der Waals surface area contributed by atoms with Crippen molar-refractivity contribution in [3.8, 4) is 33.9 Å². The zero-order chi connectivity index (χ0) is 27.4. The molecule has 0 bridgehead atoms. The van der Waals surface area contributed by atoms with Crippen molar-refractivity contribution in [1.82, 2.24) is 9.13 Å². The fraction of sp³-hybridized carbons (Fsp3) is 0. The Morgan fingerprint density at radius 3 is 1.36 bits per heavy atom. The molecule has 2 nitrogen and oxygen atoms in total. The first-order valence-electron chi connectivity index (χ1n) is 14.0. The zero-order valence-corrected chi connectivity index (χ0v) is 19.4. The molecule has 7 rings (SSSR count). The van der Waals surface area contributed by atoms with Crippen molar-refractivity contribution in [3.63, 3.8) is 0 Å². The Hall–Kier alpha value is -4.82. The fourth-order valence-electron chi connectivity index (χ4n) is 4.98. The van der Waals surface area contributed by atoms with Crippen LogP contribution >= 0.6 is 0 Å². The van der Waals surface area contributed by atoms with E-state index in [4.69, 9.17) is 4.11 Å². The Morgan fingerprint density at radius 1 is 0.472 bits per heavy atom. The number of aromatic nitrogens is 2. The lowest BCUT2D eigenvalue weighted by Gasteiger charge is -2.16. The minimum atomic E-state index is -0.213. The van der Waals surface area contributed by atoms with Crippen LogP contribution in [0, 0.1) is 0 Å². The summed E-state index contributed by atoms with van der Waals surface area (Å²) in [4.78, 5) is 0. The van der Waals surface area contributed by atoms with Gasteiger partial charge in [0.2, 0.25) is 0 Å². The molecule has 0 saturated heterocycles. The SMILES string of the molecule is [2H]c1c([2H])c(-n2c(-c3ccccc3)cc3ccccc32)c([2H])c(-n2c(-c3ccccc3)cc3ccccc32)c1[2H]. The first-order valence-corrected chi connectivity index (χ1v) is 12.0. The maximum Gasteiger partial charge on any atom is 0.0667 e. The molecule has 2 heterocycles. The summed E-state index contributed by atoms with van der Waals surface area (Å²) >= 11 is 0. The molecule has 0 aliphatic heterocycles. The van der Waals surface area contributed by atoms with E-state index in [-0.39, 0.29) is 35.5 Å². The molecular weight excluding hydrogens is 436 g/mol. The molecule has 0 unspecified atom stereocenters. The molecule has 0 saturated carbocycles. The van der Waals surface area contributed by atoms with Crippen molar-refractivity contribution in [1.29, 1.82) is 0 Å². The largest absolute Gasteiger partial charge is 0.309 e. The van der Waals surface area contributed by atoms with E-state index >= 15 is 0 Å². The van der Waals surface area contributed by atoms with E-state index in [1.807, 2.05) is 118 Å². The van der Waals surface area contributed by atoms with Crippen LogP contribution in [0.1, 0.15) is 5.48 Å². The van der Waals surface area contributed by atoms with Crippen LogP contribution in [-0.2, 0) is 0 Å². The quantitative estimate of drug-likeness (QED) is 0.246. The first-order chi connectivity index (χ1) is 19.5. The average molecular weight is 465 g/mol. The Labute approximate surface area is 215 Å². The van der Waals surface area contributed by atoms with Gasteiger partial charge in [-0.25, -0.2) is 0 Å². The van der Waals surface area contributed by atoms with Crippen molar-refractivity contribution < 1.29 is 5.48 Å². The number of benzene rings is 5. The molecule has 0 N–H and O–H groups in total. The van der Waals surface area contributed by atoms with Gasteiger partial charge in [-0.1, -0.05) is 103 Å². The predicted octanol–water partition coefficient (Wildman–Crippen LogP) is 8.91. The second-order valence-electron chi connectivity index (χ2n) is 8.78. The Morgan fingerprint density at radius 2 is 0.889 bits per heavy atom. The maximum atomic E-state index is 9.58. The average Bonchev–Trinajstić information content (AvgIpc) is 3.57. The third-order valence-electron chi connectivity index (χ3n) is 6.61. The summed E-state index contributed by atoms with van der Waals surface area (Å²) in [6.07, 6.45) is 0. The van der Waals surface area contributed by atoms with Crippen LogP contribution in [0.25, 0.3) is 55.7 Å². The number of nitrogens with zero attached hydrogens (tertiary/aromatic N) is 2. The molecule has 0 aliphatic rings. The van der Waals surface area contributed by atoms with Gasteiger partial charge in [-0.05, 0) is 53.5 Å². The van der Waals surface area contributed by atoms with Gasteiger partial charge >= 0.3 is 0 Å². The lowest BCUT2D eigenvalue weighted by molar-refractivity contribution is 1.09. The standard InChI is InChI=1S/C34H24N2/c1-3-12-25(13-4-1)33-22-27-16-7-9-20-31(27)35(33)29-18-11-19-30(24-29)36-32-21-10-8-17-28(32)23-34(36)26-14-5-2-6-15-26/h1-24H/i11D,18D,19D,24D. The van der Waals surface area contributed by atoms with Gasteiger partial charge in [-0.2, -0.15) is 0 Å². The molecular formula is C34H24N2. The molecule has 0 spiro atoms. The second-order valence-corrected chi connectivity index (χ2v) is 8.78. The summed E-state index contributed by atoms with van der Waals surface area (Å²) in [5.74, 6) is 0. The van der Waals surface area contributed by atoms with E-state index in [1.165, 1.54) is 0 Å². The molecule has 36 heavy (non-hydrogen) atoms. The van der Waals surface area contributed by atoms with E-state index in [0.717, 1.165) is 44.3 Å². The number of para-hydroxylation sites is 2. The monoisotopic (exact) mass is 464 g/mol. The zero-order valence-electron chi connectivity index (χ0n) is 23.4. The summed E-state index contributed by atoms with van der Waals surface area (Å²) in [5, 5.41) is 1.94. The third-order valence-corrected chi connectivity index (χ3v) is 6.61. The van der Waals surface area contributed by atoms with Gasteiger partial charge in [-0.15, -0.1) is 0 Å². The highest BCUT2D eigenvalue weighted by Crippen LogP contribution is 2.35. The molecule has 0 atom stereocenters. The molecule has 5 aromatic carbocycles. The molecule has 7 aromatic rings. The summed E-state index contributed by atoms with van der Waals surface area (Å²) in [6.45, 7) is 0. The van der Waals surface area contributed by atoms with Gasteiger partial charge in [0, 0.05) is 22.1 Å². The topological polar surface area (TPSA) is 9.86 Å². The van der Waals surface area contributed by atoms with Gasteiger partial charge in [0.1, 0.15) is 0 Å². The van der Waals surface area contributed by atoms with Crippen molar-refractivity contribution in [2.75, 3.05) is 0 Å². The van der Waals surface area contributed by atoms with E-state index in [1.54, 1.807) is 0 Å². The van der Waals surface area contributed by atoms with E-state index in [9.17, 15) is 1.37 Å². The summed E-state index contributed by atoms with van der Waals surface area (Å²) < 4.78 is 40.4.